The molecule has 1 aromatic rings. The molecule has 0 heterocycles. The Kier molecular flexibility index (Phi) is 2.49. The van der Waals surface area contributed by atoms with Gasteiger partial charge in [0.15, 0.2) is 0 Å². The van der Waals surface area contributed by atoms with E-state index in [1.54, 1.807) is 25.4 Å². The number of hydrogen-bond acceptors (Lipinski definition) is 2. The van der Waals surface area contributed by atoms with E-state index in [1.165, 1.54) is 0 Å². The number of rotatable bonds is 1. The Morgan fingerprint density at radius 2 is 2.27 bits per heavy atom. The van der Waals surface area contributed by atoms with Crippen LogP contribution >= 0.6 is 11.6 Å². The van der Waals surface area contributed by atoms with E-state index < -0.39 is 0 Å². The third kappa shape index (κ3) is 1.95. The number of aliphatic imine (C=N–C) groups is 1. The fourth-order valence-corrected chi connectivity index (χ4v) is 0.962. The number of benzene rings is 1. The average molecular weight is 169 g/mol. The lowest BCUT2D eigenvalue weighted by atomic mass is 10.2. The van der Waals surface area contributed by atoms with Crippen LogP contribution in [0.15, 0.2) is 23.2 Å². The molecule has 2 N–H and O–H groups in total. The van der Waals surface area contributed by atoms with E-state index in [0.717, 1.165) is 5.56 Å². The van der Waals surface area contributed by atoms with Crippen molar-refractivity contribution in [2.24, 2.45) is 4.99 Å². The molecule has 0 unspecified atom stereocenters. The maximum absolute atomic E-state index is 5.76. The zero-order valence-electron chi connectivity index (χ0n) is 6.21. The quantitative estimate of drug-likeness (QED) is 0.506. The Hall–Kier alpha value is -1.02. The molecule has 0 aliphatic rings. The van der Waals surface area contributed by atoms with Gasteiger partial charge >= 0.3 is 0 Å². The Bertz CT molecular complexity index is 281. The van der Waals surface area contributed by atoms with E-state index in [2.05, 4.69) is 4.99 Å². The van der Waals surface area contributed by atoms with Crippen molar-refractivity contribution in [2.45, 2.75) is 0 Å². The minimum Gasteiger partial charge on any atom is -0.398 e. The molecule has 0 aliphatic heterocycles. The molecule has 0 spiro atoms. The molecular weight excluding hydrogens is 160 g/mol. The van der Waals surface area contributed by atoms with Gasteiger partial charge < -0.3 is 5.73 Å². The third-order valence-electron chi connectivity index (χ3n) is 1.30. The average Bonchev–Trinajstić information content (AvgIpc) is 1.98. The fourth-order valence-electron chi connectivity index (χ4n) is 0.773. The predicted molar refractivity (Wildman–Crippen MR) is 49.4 cm³/mol. The summed E-state index contributed by atoms with van der Waals surface area (Å²) >= 11 is 5.76. The van der Waals surface area contributed by atoms with E-state index >= 15 is 0 Å². The maximum atomic E-state index is 5.76. The van der Waals surface area contributed by atoms with Gasteiger partial charge in [-0.05, 0) is 17.7 Å². The maximum Gasteiger partial charge on any atom is 0.0641 e. The molecule has 3 heteroatoms. The van der Waals surface area contributed by atoms with Gasteiger partial charge in [0.2, 0.25) is 0 Å². The van der Waals surface area contributed by atoms with Gasteiger partial charge in [0.05, 0.1) is 10.7 Å². The highest BCUT2D eigenvalue weighted by molar-refractivity contribution is 6.33. The molecule has 0 atom stereocenters. The van der Waals surface area contributed by atoms with Crippen LogP contribution in [-0.4, -0.2) is 13.3 Å². The molecule has 0 bridgehead atoms. The summed E-state index contributed by atoms with van der Waals surface area (Å²) in [6, 6.07) is 5.41. The molecule has 1 aromatic carbocycles. The van der Waals surface area contributed by atoms with Crippen molar-refractivity contribution in [3.05, 3.63) is 28.8 Å². The van der Waals surface area contributed by atoms with Gasteiger partial charge in [-0.2, -0.15) is 0 Å². The molecule has 11 heavy (non-hydrogen) atoms. The van der Waals surface area contributed by atoms with Gasteiger partial charge in [0.25, 0.3) is 0 Å². The van der Waals surface area contributed by atoms with E-state index in [1.807, 2.05) is 6.07 Å². The fraction of sp³-hybridized carbons (Fsp3) is 0.125. The lowest BCUT2D eigenvalue weighted by Crippen LogP contribution is -1.87. The Morgan fingerprint density at radius 1 is 1.55 bits per heavy atom. The third-order valence-corrected chi connectivity index (χ3v) is 1.63. The first kappa shape index (κ1) is 8.08. The first-order chi connectivity index (χ1) is 5.24. The van der Waals surface area contributed by atoms with E-state index in [9.17, 15) is 0 Å². The number of nitrogens with two attached hydrogens (primary N) is 1. The minimum atomic E-state index is 0.572. The van der Waals surface area contributed by atoms with Crippen molar-refractivity contribution in [1.82, 2.24) is 0 Å². The Labute approximate surface area is 70.7 Å². The van der Waals surface area contributed by atoms with Crippen LogP contribution in [0.2, 0.25) is 5.02 Å². The standard InChI is InChI=1S/C8H9ClN2/c1-11-5-6-2-3-8(10)7(9)4-6/h2-5H,10H2,1H3. The van der Waals surface area contributed by atoms with Gasteiger partial charge in [-0.15, -0.1) is 0 Å². The molecule has 0 saturated heterocycles. The largest absolute Gasteiger partial charge is 0.398 e. The van der Waals surface area contributed by atoms with Crippen molar-refractivity contribution < 1.29 is 0 Å². The summed E-state index contributed by atoms with van der Waals surface area (Å²) in [6.07, 6.45) is 1.73. The second-order valence-electron chi connectivity index (χ2n) is 2.17. The summed E-state index contributed by atoms with van der Waals surface area (Å²) < 4.78 is 0. The van der Waals surface area contributed by atoms with Crippen LogP contribution in [0.4, 0.5) is 5.69 Å². The molecule has 0 saturated carbocycles. The smallest absolute Gasteiger partial charge is 0.0641 e. The highest BCUT2D eigenvalue weighted by Gasteiger charge is 1.94. The highest BCUT2D eigenvalue weighted by atomic mass is 35.5. The van der Waals surface area contributed by atoms with Crippen molar-refractivity contribution >= 4 is 23.5 Å². The summed E-state index contributed by atoms with van der Waals surface area (Å²) in [4.78, 5) is 3.85. The molecule has 58 valence electrons. The number of nitrogen functional groups attached to an aromatic ring is 1. The lowest BCUT2D eigenvalue weighted by Gasteiger charge is -1.97. The van der Waals surface area contributed by atoms with Gasteiger partial charge in [-0.3, -0.25) is 4.99 Å². The van der Waals surface area contributed by atoms with Crippen LogP contribution in [0.1, 0.15) is 5.56 Å². The van der Waals surface area contributed by atoms with Crippen LogP contribution in [0, 0.1) is 0 Å². The predicted octanol–water partition coefficient (Wildman–Crippen LogP) is 1.97. The van der Waals surface area contributed by atoms with Crippen LogP contribution < -0.4 is 5.73 Å². The molecule has 0 aliphatic carbocycles. The summed E-state index contributed by atoms with van der Waals surface area (Å²) in [7, 11) is 1.71. The van der Waals surface area contributed by atoms with Gasteiger partial charge in [0.1, 0.15) is 0 Å². The number of hydrogen-bond donors (Lipinski definition) is 1. The van der Waals surface area contributed by atoms with E-state index in [-0.39, 0.29) is 0 Å². The Morgan fingerprint density at radius 3 is 2.82 bits per heavy atom. The first-order valence-corrected chi connectivity index (χ1v) is 3.59. The van der Waals surface area contributed by atoms with E-state index in [4.69, 9.17) is 17.3 Å². The first-order valence-electron chi connectivity index (χ1n) is 3.21. The van der Waals surface area contributed by atoms with Crippen LogP contribution in [0.3, 0.4) is 0 Å². The van der Waals surface area contributed by atoms with Gasteiger partial charge in [0, 0.05) is 13.3 Å². The van der Waals surface area contributed by atoms with Crippen molar-refractivity contribution in [2.75, 3.05) is 12.8 Å². The number of anilines is 1. The van der Waals surface area contributed by atoms with Crippen LogP contribution in [-0.2, 0) is 0 Å². The van der Waals surface area contributed by atoms with E-state index in [0.29, 0.717) is 10.7 Å². The Balaban J connectivity index is 3.05. The van der Waals surface area contributed by atoms with Crippen molar-refractivity contribution in [3.8, 4) is 0 Å². The molecule has 0 amide bonds. The molecular formula is C8H9ClN2. The SMILES string of the molecule is CN=Cc1ccc(N)c(Cl)c1. The second kappa shape index (κ2) is 3.39. The van der Waals surface area contributed by atoms with Gasteiger partial charge in [-0.1, -0.05) is 17.7 Å². The number of halogens is 1. The summed E-state index contributed by atoms with van der Waals surface area (Å²) in [5.41, 5.74) is 7.07. The van der Waals surface area contributed by atoms with Crippen molar-refractivity contribution in [1.29, 1.82) is 0 Å². The zero-order chi connectivity index (χ0) is 8.27. The van der Waals surface area contributed by atoms with Gasteiger partial charge in [-0.25, -0.2) is 0 Å². The van der Waals surface area contributed by atoms with Crippen LogP contribution in [0.25, 0.3) is 0 Å². The molecule has 0 aromatic heterocycles. The molecule has 0 radical (unpaired) electrons. The highest BCUT2D eigenvalue weighted by Crippen LogP contribution is 2.18. The van der Waals surface area contributed by atoms with Crippen molar-refractivity contribution in [3.63, 3.8) is 0 Å². The van der Waals surface area contributed by atoms with Crippen LogP contribution in [0.5, 0.6) is 0 Å². The monoisotopic (exact) mass is 168 g/mol. The summed E-state index contributed by atoms with van der Waals surface area (Å²) in [6.45, 7) is 0. The second-order valence-corrected chi connectivity index (χ2v) is 2.58. The topological polar surface area (TPSA) is 38.4 Å². The molecule has 0 fully saturated rings. The molecule has 2 nitrogen and oxygen atoms in total. The summed E-state index contributed by atoms with van der Waals surface area (Å²) in [5.74, 6) is 0. The minimum absolute atomic E-state index is 0.572. The number of nitrogens with zero attached hydrogens (tertiary/aromatic N) is 1. The summed E-state index contributed by atoms with van der Waals surface area (Å²) in [5, 5.41) is 0.572. The lowest BCUT2D eigenvalue weighted by molar-refractivity contribution is 1.46. The zero-order valence-corrected chi connectivity index (χ0v) is 6.97. The normalized spacial score (nSPS) is 10.7. The molecule has 1 rings (SSSR count).